The topological polar surface area (TPSA) is 81.8 Å². The lowest BCUT2D eigenvalue weighted by molar-refractivity contribution is -0.158. The van der Waals surface area contributed by atoms with E-state index in [-0.39, 0.29) is 0 Å². The Kier molecular flexibility index (Phi) is 2.80. The lowest BCUT2D eigenvalue weighted by Crippen LogP contribution is -2.60. The number of hydrogen-bond acceptors (Lipinski definition) is 4. The number of likely N-dealkylation sites (N-methyl/N-ethyl adjacent to an activating group) is 1. The molecule has 2 N–H and O–H groups in total. The smallest absolute Gasteiger partial charge is 0.327 e. The van der Waals surface area contributed by atoms with E-state index >= 15 is 0 Å². The van der Waals surface area contributed by atoms with E-state index in [1.54, 1.807) is 7.05 Å². The molecule has 72 valence electrons. The molecule has 1 heterocycles. The summed E-state index contributed by atoms with van der Waals surface area (Å²) in [5.74, 6) is -1.27. The van der Waals surface area contributed by atoms with Crippen molar-refractivity contribution in [3.05, 3.63) is 0 Å². The van der Waals surface area contributed by atoms with Gasteiger partial charge in [0.25, 0.3) is 0 Å². The van der Waals surface area contributed by atoms with Gasteiger partial charge in [0.15, 0.2) is 0 Å². The molecule has 3 amide bonds. The number of amides is 3. The van der Waals surface area contributed by atoms with E-state index in [1.807, 2.05) is 0 Å². The van der Waals surface area contributed by atoms with Gasteiger partial charge in [0.2, 0.25) is 6.41 Å². The first-order valence-electron chi connectivity index (χ1n) is 3.68. The van der Waals surface area contributed by atoms with Crippen LogP contribution in [0.5, 0.6) is 0 Å². The summed E-state index contributed by atoms with van der Waals surface area (Å²) in [6.07, 6.45) is 0.385. The quantitative estimate of drug-likeness (QED) is 0.289. The van der Waals surface area contributed by atoms with E-state index in [0.29, 0.717) is 19.5 Å². The molecule has 0 bridgehead atoms. The van der Waals surface area contributed by atoms with Gasteiger partial charge in [-0.15, -0.1) is 5.53 Å². The summed E-state index contributed by atoms with van der Waals surface area (Å²) >= 11 is 0. The third-order valence-corrected chi connectivity index (χ3v) is 1.69. The SMILES string of the molecule is CN1CCN(NNC=O)C(=O)C1=O. The maximum absolute atomic E-state index is 11.2. The van der Waals surface area contributed by atoms with Crippen LogP contribution in [0.15, 0.2) is 0 Å². The van der Waals surface area contributed by atoms with Gasteiger partial charge in [0.1, 0.15) is 0 Å². The predicted molar refractivity (Wildman–Crippen MR) is 41.7 cm³/mol. The highest BCUT2D eigenvalue weighted by atomic mass is 16.2. The molecule has 0 atom stereocenters. The Hall–Kier alpha value is -1.63. The normalized spacial score (nSPS) is 17.6. The maximum Gasteiger partial charge on any atom is 0.327 e. The van der Waals surface area contributed by atoms with Crippen LogP contribution < -0.4 is 11.0 Å². The van der Waals surface area contributed by atoms with Crippen LogP contribution in [0.4, 0.5) is 0 Å². The Labute approximate surface area is 74.6 Å². The van der Waals surface area contributed by atoms with Crippen molar-refractivity contribution in [3.63, 3.8) is 0 Å². The van der Waals surface area contributed by atoms with Crippen LogP contribution in [0.1, 0.15) is 0 Å². The number of nitrogens with one attached hydrogen (secondary N) is 2. The third kappa shape index (κ3) is 1.94. The van der Waals surface area contributed by atoms with Crippen LogP contribution in [0.3, 0.4) is 0 Å². The molecule has 7 nitrogen and oxygen atoms in total. The standard InChI is InChI=1S/C6H10N4O3/c1-9-2-3-10(8-7-4-11)6(13)5(9)12/h4,8H,2-3H2,1H3,(H,7,11). The third-order valence-electron chi connectivity index (χ3n) is 1.69. The molecular formula is C6H10N4O3. The average Bonchev–Trinajstić information content (AvgIpc) is 2.13. The van der Waals surface area contributed by atoms with Gasteiger partial charge in [-0.2, -0.15) is 0 Å². The number of hydrogen-bond donors (Lipinski definition) is 2. The van der Waals surface area contributed by atoms with Gasteiger partial charge in [-0.25, -0.2) is 5.01 Å². The van der Waals surface area contributed by atoms with Crippen LogP contribution >= 0.6 is 0 Å². The molecule has 0 saturated carbocycles. The molecule has 7 heteroatoms. The highest BCUT2D eigenvalue weighted by Crippen LogP contribution is 1.98. The summed E-state index contributed by atoms with van der Waals surface area (Å²) in [7, 11) is 1.55. The fourth-order valence-corrected chi connectivity index (χ4v) is 0.943. The first-order chi connectivity index (χ1) is 6.16. The Morgan fingerprint density at radius 3 is 2.62 bits per heavy atom. The van der Waals surface area contributed by atoms with Crippen LogP contribution in [-0.2, 0) is 14.4 Å². The summed E-state index contributed by atoms with van der Waals surface area (Å²) in [5, 5.41) is 1.05. The van der Waals surface area contributed by atoms with Gasteiger partial charge in [-0.05, 0) is 0 Å². The van der Waals surface area contributed by atoms with Crippen molar-refractivity contribution in [3.8, 4) is 0 Å². The zero-order chi connectivity index (χ0) is 9.84. The Morgan fingerprint density at radius 1 is 1.31 bits per heavy atom. The summed E-state index contributed by atoms with van der Waals surface area (Å²) in [6, 6.07) is 0. The monoisotopic (exact) mass is 186 g/mol. The molecule has 13 heavy (non-hydrogen) atoms. The average molecular weight is 186 g/mol. The van der Waals surface area contributed by atoms with Crippen LogP contribution in [0, 0.1) is 0 Å². The predicted octanol–water partition coefficient (Wildman–Crippen LogP) is -2.55. The van der Waals surface area contributed by atoms with E-state index in [2.05, 4.69) is 11.0 Å². The van der Waals surface area contributed by atoms with E-state index < -0.39 is 11.8 Å². The molecule has 0 unspecified atom stereocenters. The largest absolute Gasteiger partial charge is 0.336 e. The van der Waals surface area contributed by atoms with Gasteiger partial charge in [-0.3, -0.25) is 19.8 Å². The van der Waals surface area contributed by atoms with E-state index in [1.165, 1.54) is 4.90 Å². The number of piperazine rings is 1. The molecule has 0 aromatic carbocycles. The van der Waals surface area contributed by atoms with Crippen molar-refractivity contribution in [2.75, 3.05) is 20.1 Å². The van der Waals surface area contributed by atoms with Crippen LogP contribution in [-0.4, -0.2) is 48.3 Å². The highest BCUT2D eigenvalue weighted by molar-refractivity contribution is 6.35. The maximum atomic E-state index is 11.2. The second-order valence-electron chi connectivity index (χ2n) is 2.56. The number of carbonyl (C=O) groups excluding carboxylic acids is 3. The number of hydrazine groups is 2. The minimum absolute atomic E-state index is 0.349. The summed E-state index contributed by atoms with van der Waals surface area (Å²) in [5.41, 5.74) is 4.38. The molecule has 1 saturated heterocycles. The highest BCUT2D eigenvalue weighted by Gasteiger charge is 2.30. The van der Waals surface area contributed by atoms with Crippen LogP contribution in [0.25, 0.3) is 0 Å². The Bertz CT molecular complexity index is 242. The number of rotatable bonds is 3. The lowest BCUT2D eigenvalue weighted by Gasteiger charge is -2.30. The van der Waals surface area contributed by atoms with Crippen molar-refractivity contribution in [1.29, 1.82) is 0 Å². The number of carbonyl (C=O) groups is 3. The second-order valence-corrected chi connectivity index (χ2v) is 2.56. The first kappa shape index (κ1) is 9.46. The molecule has 1 aliphatic heterocycles. The van der Waals surface area contributed by atoms with Gasteiger partial charge in [0, 0.05) is 13.6 Å². The van der Waals surface area contributed by atoms with Crippen LogP contribution in [0.2, 0.25) is 0 Å². The molecule has 0 aromatic rings. The zero-order valence-electron chi connectivity index (χ0n) is 7.11. The van der Waals surface area contributed by atoms with Gasteiger partial charge < -0.3 is 4.90 Å². The Balaban J connectivity index is 2.54. The van der Waals surface area contributed by atoms with Crippen molar-refractivity contribution in [1.82, 2.24) is 20.9 Å². The molecule has 0 radical (unpaired) electrons. The summed E-state index contributed by atoms with van der Waals surface area (Å²) in [6.45, 7) is 0.792. The fraction of sp³-hybridized carbons (Fsp3) is 0.500. The summed E-state index contributed by atoms with van der Waals surface area (Å²) in [4.78, 5) is 33.4. The molecular weight excluding hydrogens is 176 g/mol. The summed E-state index contributed by atoms with van der Waals surface area (Å²) < 4.78 is 0. The molecule has 0 spiro atoms. The minimum Gasteiger partial charge on any atom is -0.336 e. The molecule has 0 aliphatic carbocycles. The minimum atomic E-state index is -0.678. The molecule has 1 rings (SSSR count). The van der Waals surface area contributed by atoms with Gasteiger partial charge in [0.05, 0.1) is 6.54 Å². The van der Waals surface area contributed by atoms with E-state index in [0.717, 1.165) is 5.01 Å². The Morgan fingerprint density at radius 2 is 2.00 bits per heavy atom. The van der Waals surface area contributed by atoms with Crippen molar-refractivity contribution < 1.29 is 14.4 Å². The van der Waals surface area contributed by atoms with Crippen molar-refractivity contribution in [2.24, 2.45) is 0 Å². The lowest BCUT2D eigenvalue weighted by atomic mass is 10.3. The second kappa shape index (κ2) is 3.85. The zero-order valence-corrected chi connectivity index (χ0v) is 7.11. The van der Waals surface area contributed by atoms with Gasteiger partial charge in [-0.1, -0.05) is 0 Å². The van der Waals surface area contributed by atoms with Crippen molar-refractivity contribution >= 4 is 18.2 Å². The first-order valence-corrected chi connectivity index (χ1v) is 3.68. The van der Waals surface area contributed by atoms with E-state index in [4.69, 9.17) is 0 Å². The van der Waals surface area contributed by atoms with Crippen molar-refractivity contribution in [2.45, 2.75) is 0 Å². The molecule has 0 aromatic heterocycles. The number of nitrogens with zero attached hydrogens (tertiary/aromatic N) is 2. The fourth-order valence-electron chi connectivity index (χ4n) is 0.943. The molecule has 1 fully saturated rings. The van der Waals surface area contributed by atoms with E-state index in [9.17, 15) is 14.4 Å². The van der Waals surface area contributed by atoms with Gasteiger partial charge >= 0.3 is 11.8 Å². The molecule has 1 aliphatic rings.